The first-order chi connectivity index (χ1) is 12.4. The lowest BCUT2D eigenvalue weighted by Crippen LogP contribution is -2.01. The lowest BCUT2D eigenvalue weighted by Gasteiger charge is -2.06. The van der Waals surface area contributed by atoms with Crippen molar-refractivity contribution in [1.82, 2.24) is 29.7 Å². The van der Waals surface area contributed by atoms with Crippen LogP contribution in [0.15, 0.2) is 29.2 Å². The number of aryl methyl sites for hydroxylation is 2. The van der Waals surface area contributed by atoms with Gasteiger partial charge in [-0.3, -0.25) is 0 Å². The number of fused-ring (bicyclic) bond motifs is 1. The van der Waals surface area contributed by atoms with Crippen molar-refractivity contribution >= 4 is 16.7 Å². The van der Waals surface area contributed by atoms with Crippen molar-refractivity contribution in [2.24, 2.45) is 0 Å². The van der Waals surface area contributed by atoms with Crippen LogP contribution in [-0.4, -0.2) is 29.7 Å². The van der Waals surface area contributed by atoms with Crippen LogP contribution >= 0.6 is 0 Å². The number of nitrogen functional groups attached to an aromatic ring is 1. The monoisotopic (exact) mass is 351 g/mol. The van der Waals surface area contributed by atoms with E-state index in [0.29, 0.717) is 12.2 Å². The molecule has 134 valence electrons. The molecule has 0 spiro atoms. The van der Waals surface area contributed by atoms with E-state index >= 15 is 0 Å². The molecule has 0 aliphatic rings. The fourth-order valence-electron chi connectivity index (χ4n) is 3.17. The highest BCUT2D eigenvalue weighted by atomic mass is 16.5. The molecule has 0 unspecified atom stereocenters. The number of benzene rings is 1. The number of rotatable bonds is 4. The molecule has 4 rings (SSSR count). The van der Waals surface area contributed by atoms with Crippen LogP contribution in [0.5, 0.6) is 0 Å². The maximum absolute atomic E-state index is 6.25. The second kappa shape index (κ2) is 5.98. The molecule has 1 aromatic carbocycles. The summed E-state index contributed by atoms with van der Waals surface area (Å²) in [5, 5.41) is 12.5. The molecule has 3 heterocycles. The van der Waals surface area contributed by atoms with Crippen LogP contribution in [0.4, 0.5) is 5.69 Å². The second-order valence-electron chi connectivity index (χ2n) is 6.79. The summed E-state index contributed by atoms with van der Waals surface area (Å²) in [4.78, 5) is 4.47. The molecule has 4 aromatic rings. The zero-order valence-corrected chi connectivity index (χ0v) is 15.3. The molecular weight excluding hydrogens is 330 g/mol. The summed E-state index contributed by atoms with van der Waals surface area (Å²) < 4.78 is 9.18. The molecule has 26 heavy (non-hydrogen) atoms. The molecule has 8 heteroatoms. The van der Waals surface area contributed by atoms with E-state index < -0.39 is 0 Å². The highest BCUT2D eigenvalue weighted by Gasteiger charge is 2.16. The number of hydrogen-bond acceptors (Lipinski definition) is 6. The third-order valence-electron chi connectivity index (χ3n) is 4.50. The Morgan fingerprint density at radius 3 is 2.69 bits per heavy atom. The van der Waals surface area contributed by atoms with Crippen molar-refractivity contribution in [2.45, 2.75) is 40.3 Å². The lowest BCUT2D eigenvalue weighted by molar-refractivity contribution is 0.393. The highest BCUT2D eigenvalue weighted by molar-refractivity contribution is 5.92. The Morgan fingerprint density at radius 1 is 1.23 bits per heavy atom. The van der Waals surface area contributed by atoms with Gasteiger partial charge in [0.05, 0.1) is 36.0 Å². The molecule has 3 aromatic heterocycles. The van der Waals surface area contributed by atoms with Crippen molar-refractivity contribution in [3.05, 3.63) is 41.8 Å². The Bertz CT molecular complexity index is 1070. The fourth-order valence-corrected chi connectivity index (χ4v) is 3.17. The summed E-state index contributed by atoms with van der Waals surface area (Å²) in [7, 11) is 0. The molecule has 0 aliphatic heterocycles. The molecule has 0 radical (unpaired) electrons. The first-order valence-electron chi connectivity index (χ1n) is 8.52. The predicted octanol–water partition coefficient (Wildman–Crippen LogP) is 3.11. The summed E-state index contributed by atoms with van der Waals surface area (Å²) in [5.74, 6) is 0.771. The van der Waals surface area contributed by atoms with Gasteiger partial charge in [-0.05, 0) is 45.4 Å². The first kappa shape index (κ1) is 16.3. The minimum absolute atomic E-state index is 0.276. The summed E-state index contributed by atoms with van der Waals surface area (Å²) in [6.45, 7) is 8.54. The van der Waals surface area contributed by atoms with Crippen LogP contribution in [0, 0.1) is 13.8 Å². The maximum Gasteiger partial charge on any atom is 0.141 e. The average Bonchev–Trinajstić information content (AvgIpc) is 3.28. The third kappa shape index (κ3) is 2.63. The number of nitrogens with zero attached hydrogens (tertiary/aromatic N) is 6. The smallest absolute Gasteiger partial charge is 0.141 e. The Balaban J connectivity index is 1.79. The van der Waals surface area contributed by atoms with Gasteiger partial charge in [0, 0.05) is 11.6 Å². The van der Waals surface area contributed by atoms with Crippen molar-refractivity contribution in [3.8, 4) is 11.1 Å². The van der Waals surface area contributed by atoms with Gasteiger partial charge >= 0.3 is 0 Å². The van der Waals surface area contributed by atoms with E-state index in [2.05, 4.69) is 40.4 Å². The van der Waals surface area contributed by atoms with Crippen LogP contribution in [0.2, 0.25) is 0 Å². The van der Waals surface area contributed by atoms with E-state index in [4.69, 9.17) is 10.3 Å². The van der Waals surface area contributed by atoms with Crippen LogP contribution in [0.1, 0.15) is 37.0 Å². The van der Waals surface area contributed by atoms with Crippen molar-refractivity contribution in [3.63, 3.8) is 0 Å². The van der Waals surface area contributed by atoms with Crippen molar-refractivity contribution < 1.29 is 4.52 Å². The molecule has 0 fully saturated rings. The Hall–Kier alpha value is -3.16. The molecule has 0 bridgehead atoms. The third-order valence-corrected chi connectivity index (χ3v) is 4.50. The highest BCUT2D eigenvalue weighted by Crippen LogP contribution is 2.32. The molecule has 0 saturated heterocycles. The van der Waals surface area contributed by atoms with Crippen LogP contribution in [0.3, 0.4) is 0 Å². The van der Waals surface area contributed by atoms with Gasteiger partial charge in [-0.25, -0.2) is 9.67 Å². The van der Waals surface area contributed by atoms with E-state index in [1.165, 1.54) is 0 Å². The standard InChI is InChI=1S/C18H21N7O/c1-10(2)25-8-14(21-23-25)7-24-9-20-18-15(19)5-13(6-16(18)24)17-11(3)22-26-12(17)4/h5-6,8-10H,7,19H2,1-4H3. The molecule has 8 nitrogen and oxygen atoms in total. The minimum atomic E-state index is 0.276. The maximum atomic E-state index is 6.25. The Kier molecular flexibility index (Phi) is 3.75. The summed E-state index contributed by atoms with van der Waals surface area (Å²) in [6.07, 6.45) is 3.74. The minimum Gasteiger partial charge on any atom is -0.397 e. The van der Waals surface area contributed by atoms with E-state index in [1.54, 1.807) is 6.33 Å². The summed E-state index contributed by atoms with van der Waals surface area (Å²) in [6, 6.07) is 4.26. The molecule has 0 aliphatic carbocycles. The van der Waals surface area contributed by atoms with Crippen LogP contribution in [-0.2, 0) is 6.54 Å². The van der Waals surface area contributed by atoms with E-state index in [-0.39, 0.29) is 6.04 Å². The number of hydrogen-bond donors (Lipinski definition) is 1. The topological polar surface area (TPSA) is 101 Å². The molecule has 0 amide bonds. The number of nitrogens with two attached hydrogens (primary N) is 1. The van der Waals surface area contributed by atoms with Gasteiger partial charge in [-0.15, -0.1) is 5.10 Å². The van der Waals surface area contributed by atoms with Crippen LogP contribution < -0.4 is 5.73 Å². The SMILES string of the molecule is Cc1noc(C)c1-c1cc(N)c2ncn(Cc3cn(C(C)C)nn3)c2c1. The number of aromatic nitrogens is 6. The van der Waals surface area contributed by atoms with Gasteiger partial charge in [-0.2, -0.15) is 0 Å². The average molecular weight is 351 g/mol. The fraction of sp³-hybridized carbons (Fsp3) is 0.333. The van der Waals surface area contributed by atoms with Gasteiger partial charge in [0.2, 0.25) is 0 Å². The second-order valence-corrected chi connectivity index (χ2v) is 6.79. The Labute approximate surface area is 150 Å². The van der Waals surface area contributed by atoms with Gasteiger partial charge in [-0.1, -0.05) is 10.4 Å². The van der Waals surface area contributed by atoms with Gasteiger partial charge in [0.25, 0.3) is 0 Å². The van der Waals surface area contributed by atoms with Crippen molar-refractivity contribution in [2.75, 3.05) is 5.73 Å². The summed E-state index contributed by atoms with van der Waals surface area (Å²) >= 11 is 0. The van der Waals surface area contributed by atoms with Crippen molar-refractivity contribution in [1.29, 1.82) is 0 Å². The quantitative estimate of drug-likeness (QED) is 0.567. The molecule has 0 saturated carbocycles. The molecule has 2 N–H and O–H groups in total. The van der Waals surface area contributed by atoms with Gasteiger partial charge < -0.3 is 14.8 Å². The van der Waals surface area contributed by atoms with Crippen LogP contribution in [0.25, 0.3) is 22.2 Å². The lowest BCUT2D eigenvalue weighted by atomic mass is 10.0. The van der Waals surface area contributed by atoms with E-state index in [1.807, 2.05) is 35.4 Å². The van der Waals surface area contributed by atoms with E-state index in [9.17, 15) is 0 Å². The zero-order chi connectivity index (χ0) is 18.4. The van der Waals surface area contributed by atoms with E-state index in [0.717, 1.165) is 39.3 Å². The first-order valence-corrected chi connectivity index (χ1v) is 8.52. The van der Waals surface area contributed by atoms with Gasteiger partial charge in [0.15, 0.2) is 0 Å². The molecule has 0 atom stereocenters. The normalized spacial score (nSPS) is 11.7. The number of anilines is 1. The zero-order valence-electron chi connectivity index (χ0n) is 15.3. The predicted molar refractivity (Wildman–Crippen MR) is 98.6 cm³/mol. The van der Waals surface area contributed by atoms with Gasteiger partial charge in [0.1, 0.15) is 17.0 Å². The Morgan fingerprint density at radius 2 is 2.04 bits per heavy atom. The summed E-state index contributed by atoms with van der Waals surface area (Å²) in [5.41, 5.74) is 12.3. The number of imidazole rings is 1. The molecular formula is C18H21N7O. The largest absolute Gasteiger partial charge is 0.397 e.